The van der Waals surface area contributed by atoms with Crippen molar-refractivity contribution in [2.75, 3.05) is 6.54 Å². The molecular formula is C37H72N2O2. The first kappa shape index (κ1) is 38.0. The van der Waals surface area contributed by atoms with Gasteiger partial charge in [-0.3, -0.25) is 9.59 Å². The SMILES string of the molecule is CCCCCCCCCCCCCCCCCC(=O)N1CC(=O)NC1(CC)CCCCCCCCCCCCCC. The fourth-order valence-corrected chi connectivity index (χ4v) is 6.68. The number of hydrogen-bond donors (Lipinski definition) is 1. The molecule has 0 aromatic carbocycles. The lowest BCUT2D eigenvalue weighted by atomic mass is 9.96. The molecule has 0 aromatic rings. The van der Waals surface area contributed by atoms with Gasteiger partial charge in [0.15, 0.2) is 0 Å². The van der Waals surface area contributed by atoms with E-state index in [-0.39, 0.29) is 18.4 Å². The summed E-state index contributed by atoms with van der Waals surface area (Å²) in [6, 6.07) is 0. The Kier molecular flexibility index (Phi) is 24.6. The van der Waals surface area contributed by atoms with Crippen LogP contribution in [-0.2, 0) is 9.59 Å². The van der Waals surface area contributed by atoms with Crippen LogP contribution >= 0.6 is 0 Å². The number of nitrogens with one attached hydrogen (secondary N) is 1. The molecular weight excluding hydrogens is 504 g/mol. The molecule has 1 atom stereocenters. The summed E-state index contributed by atoms with van der Waals surface area (Å²) in [5.74, 6) is 0.203. The molecule has 0 bridgehead atoms. The van der Waals surface area contributed by atoms with Gasteiger partial charge < -0.3 is 10.2 Å². The highest BCUT2D eigenvalue weighted by molar-refractivity contribution is 5.89. The maximum absolute atomic E-state index is 13.2. The third kappa shape index (κ3) is 19.0. The summed E-state index contributed by atoms with van der Waals surface area (Å²) < 4.78 is 0. The molecule has 41 heavy (non-hydrogen) atoms. The molecule has 2 amide bonds. The van der Waals surface area contributed by atoms with Crippen molar-refractivity contribution in [3.05, 3.63) is 0 Å². The van der Waals surface area contributed by atoms with Gasteiger partial charge in [0.1, 0.15) is 12.2 Å². The maximum atomic E-state index is 13.2. The highest BCUT2D eigenvalue weighted by Crippen LogP contribution is 2.29. The summed E-state index contributed by atoms with van der Waals surface area (Å²) in [4.78, 5) is 27.4. The molecule has 0 radical (unpaired) electrons. The van der Waals surface area contributed by atoms with Crippen molar-refractivity contribution >= 4 is 11.8 Å². The second kappa shape index (κ2) is 26.6. The van der Waals surface area contributed by atoms with Crippen molar-refractivity contribution in [3.8, 4) is 0 Å². The Morgan fingerprint density at radius 1 is 0.561 bits per heavy atom. The molecule has 0 aliphatic carbocycles. The first-order chi connectivity index (χ1) is 20.1. The number of rotatable bonds is 30. The number of nitrogens with zero attached hydrogens (tertiary/aromatic N) is 1. The van der Waals surface area contributed by atoms with E-state index >= 15 is 0 Å². The molecule has 1 heterocycles. The summed E-state index contributed by atoms with van der Waals surface area (Å²) in [5, 5.41) is 3.21. The van der Waals surface area contributed by atoms with E-state index in [1.54, 1.807) is 0 Å². The molecule has 0 spiro atoms. The van der Waals surface area contributed by atoms with Crippen LogP contribution in [0.25, 0.3) is 0 Å². The highest BCUT2D eigenvalue weighted by atomic mass is 16.2. The van der Waals surface area contributed by atoms with Crippen molar-refractivity contribution in [1.82, 2.24) is 10.2 Å². The summed E-state index contributed by atoms with van der Waals surface area (Å²) in [6.07, 6.45) is 38.3. The van der Waals surface area contributed by atoms with Crippen LogP contribution in [0.5, 0.6) is 0 Å². The zero-order chi connectivity index (χ0) is 29.9. The van der Waals surface area contributed by atoms with E-state index in [9.17, 15) is 9.59 Å². The van der Waals surface area contributed by atoms with Crippen molar-refractivity contribution in [3.63, 3.8) is 0 Å². The van der Waals surface area contributed by atoms with Crippen LogP contribution in [0.4, 0.5) is 0 Å². The molecule has 1 unspecified atom stereocenters. The molecule has 1 aliphatic heterocycles. The highest BCUT2D eigenvalue weighted by Gasteiger charge is 2.44. The van der Waals surface area contributed by atoms with Gasteiger partial charge in [0.25, 0.3) is 0 Å². The Balaban J connectivity index is 2.09. The van der Waals surface area contributed by atoms with Gasteiger partial charge >= 0.3 is 0 Å². The Bertz CT molecular complexity index is 622. The minimum Gasteiger partial charge on any atom is -0.332 e. The van der Waals surface area contributed by atoms with Crippen LogP contribution in [-0.4, -0.2) is 28.9 Å². The third-order valence-corrected chi connectivity index (χ3v) is 9.51. The Morgan fingerprint density at radius 3 is 1.27 bits per heavy atom. The van der Waals surface area contributed by atoms with Crippen molar-refractivity contribution < 1.29 is 9.59 Å². The average Bonchev–Trinajstić information content (AvgIpc) is 3.32. The molecule has 0 aromatic heterocycles. The molecule has 1 saturated heterocycles. The fraction of sp³-hybridized carbons (Fsp3) is 0.946. The normalized spacial score (nSPS) is 17.0. The Hall–Kier alpha value is -1.06. The first-order valence-electron chi connectivity index (χ1n) is 18.7. The lowest BCUT2D eigenvalue weighted by molar-refractivity contribution is -0.137. The van der Waals surface area contributed by atoms with E-state index in [1.807, 2.05) is 4.90 Å². The molecule has 1 rings (SSSR count). The van der Waals surface area contributed by atoms with Gasteiger partial charge in [-0.25, -0.2) is 0 Å². The number of hydrogen-bond acceptors (Lipinski definition) is 2. The standard InChI is InChI=1S/C37H72N2O2/c1-4-7-9-11-13-15-17-19-20-21-22-24-26-28-30-32-36(41)39-34-35(40)38-37(39,6-3)33-31-29-27-25-23-18-16-14-12-10-8-5-2/h4-34H2,1-3H3,(H,38,40). The predicted molar refractivity (Wildman–Crippen MR) is 178 cm³/mol. The van der Waals surface area contributed by atoms with Gasteiger partial charge in [0, 0.05) is 6.42 Å². The number of amides is 2. The average molecular weight is 577 g/mol. The van der Waals surface area contributed by atoms with E-state index in [4.69, 9.17) is 0 Å². The van der Waals surface area contributed by atoms with Crippen molar-refractivity contribution in [1.29, 1.82) is 0 Å². The first-order valence-corrected chi connectivity index (χ1v) is 18.7. The van der Waals surface area contributed by atoms with Crippen LogP contribution in [0.3, 0.4) is 0 Å². The number of unbranched alkanes of at least 4 members (excludes halogenated alkanes) is 25. The minimum absolute atomic E-state index is 0.0237. The molecule has 0 saturated carbocycles. The lowest BCUT2D eigenvalue weighted by Crippen LogP contribution is -2.53. The van der Waals surface area contributed by atoms with Crippen LogP contribution in [0.15, 0.2) is 0 Å². The Morgan fingerprint density at radius 2 is 0.902 bits per heavy atom. The van der Waals surface area contributed by atoms with E-state index in [2.05, 4.69) is 26.1 Å². The molecule has 1 fully saturated rings. The van der Waals surface area contributed by atoms with E-state index in [0.29, 0.717) is 6.42 Å². The third-order valence-electron chi connectivity index (χ3n) is 9.51. The number of carbonyl (C=O) groups is 2. The van der Waals surface area contributed by atoms with Gasteiger partial charge in [0.2, 0.25) is 11.8 Å². The maximum Gasteiger partial charge on any atom is 0.241 e. The van der Waals surface area contributed by atoms with Crippen molar-refractivity contribution in [2.45, 2.75) is 219 Å². The largest absolute Gasteiger partial charge is 0.332 e. The molecule has 242 valence electrons. The molecule has 4 heteroatoms. The number of carbonyl (C=O) groups excluding carboxylic acids is 2. The summed E-state index contributed by atoms with van der Waals surface area (Å²) in [6.45, 7) is 6.94. The minimum atomic E-state index is -0.442. The second-order valence-electron chi connectivity index (χ2n) is 13.3. The van der Waals surface area contributed by atoms with E-state index < -0.39 is 5.66 Å². The monoisotopic (exact) mass is 577 g/mol. The summed E-state index contributed by atoms with van der Waals surface area (Å²) >= 11 is 0. The zero-order valence-electron chi connectivity index (χ0n) is 28.2. The Labute approximate surface area is 257 Å². The van der Waals surface area contributed by atoms with Crippen LogP contribution in [0.1, 0.15) is 213 Å². The topological polar surface area (TPSA) is 49.4 Å². The molecule has 1 N–H and O–H groups in total. The quantitative estimate of drug-likeness (QED) is 0.0864. The second-order valence-corrected chi connectivity index (χ2v) is 13.3. The summed E-state index contributed by atoms with van der Waals surface area (Å²) in [7, 11) is 0. The predicted octanol–water partition coefficient (Wildman–Crippen LogP) is 11.4. The molecule has 1 aliphatic rings. The van der Waals surface area contributed by atoms with Crippen LogP contribution < -0.4 is 5.32 Å². The fourth-order valence-electron chi connectivity index (χ4n) is 6.68. The van der Waals surface area contributed by atoms with Gasteiger partial charge in [0.05, 0.1) is 0 Å². The van der Waals surface area contributed by atoms with Crippen LogP contribution in [0.2, 0.25) is 0 Å². The zero-order valence-corrected chi connectivity index (χ0v) is 28.2. The van der Waals surface area contributed by atoms with E-state index in [0.717, 1.165) is 32.1 Å². The summed E-state index contributed by atoms with van der Waals surface area (Å²) in [5.41, 5.74) is -0.442. The van der Waals surface area contributed by atoms with Gasteiger partial charge in [-0.2, -0.15) is 0 Å². The van der Waals surface area contributed by atoms with Gasteiger partial charge in [-0.15, -0.1) is 0 Å². The van der Waals surface area contributed by atoms with Crippen LogP contribution in [0, 0.1) is 0 Å². The lowest BCUT2D eigenvalue weighted by Gasteiger charge is -2.37. The molecule has 4 nitrogen and oxygen atoms in total. The van der Waals surface area contributed by atoms with Gasteiger partial charge in [-0.05, 0) is 25.7 Å². The van der Waals surface area contributed by atoms with Gasteiger partial charge in [-0.1, -0.05) is 181 Å². The van der Waals surface area contributed by atoms with Crippen molar-refractivity contribution in [2.24, 2.45) is 0 Å². The smallest absolute Gasteiger partial charge is 0.241 e. The van der Waals surface area contributed by atoms with E-state index in [1.165, 1.54) is 154 Å².